The Bertz CT molecular complexity index is 783. The maximum atomic E-state index is 12.2. The summed E-state index contributed by atoms with van der Waals surface area (Å²) in [5.41, 5.74) is 0.409. The van der Waals surface area contributed by atoms with Gasteiger partial charge in [-0.1, -0.05) is 18.2 Å². The van der Waals surface area contributed by atoms with Crippen molar-refractivity contribution in [2.75, 3.05) is 19.6 Å². The molecule has 1 amide bonds. The molecule has 0 spiro atoms. The second-order valence-electron chi connectivity index (χ2n) is 6.17. The molecule has 1 unspecified atom stereocenters. The number of nitro benzene ring substituents is 1. The average molecular weight is 371 g/mol. The first-order valence-corrected chi connectivity index (χ1v) is 9.50. The van der Waals surface area contributed by atoms with Gasteiger partial charge < -0.3 is 5.32 Å². The van der Waals surface area contributed by atoms with Crippen LogP contribution in [0.3, 0.4) is 0 Å². The van der Waals surface area contributed by atoms with Gasteiger partial charge in [0.2, 0.25) is 5.91 Å². The van der Waals surface area contributed by atoms with Crippen LogP contribution in [-0.4, -0.2) is 35.4 Å². The summed E-state index contributed by atoms with van der Waals surface area (Å²) < 4.78 is 0. The lowest BCUT2D eigenvalue weighted by atomic mass is 10.1. The maximum Gasteiger partial charge on any atom is 0.276 e. The number of hydrogen-bond acceptors (Lipinski definition) is 5. The normalized spacial score (nSPS) is 16.0. The molecule has 0 bridgehead atoms. The fourth-order valence-electron chi connectivity index (χ4n) is 3.16. The van der Waals surface area contributed by atoms with E-state index < -0.39 is 4.92 Å². The number of benzene rings is 1. The highest BCUT2D eigenvalue weighted by Gasteiger charge is 2.24. The van der Waals surface area contributed by atoms with E-state index in [0.29, 0.717) is 12.1 Å². The van der Waals surface area contributed by atoms with Gasteiger partial charge in [0.05, 0.1) is 16.5 Å². The summed E-state index contributed by atoms with van der Waals surface area (Å²) in [5, 5.41) is 16.0. The number of rotatable bonds is 7. The Hall–Kier alpha value is -2.51. The molecule has 26 heavy (non-hydrogen) atoms. The van der Waals surface area contributed by atoms with E-state index >= 15 is 0 Å². The fraction of sp³-hybridized carbons (Fsp3) is 0.316. The van der Waals surface area contributed by atoms with Crippen LogP contribution in [0, 0.1) is 10.1 Å². The standard InChI is InChI=1S/C19H21N3O3S/c23-19(10-9-15-6-1-2-7-16(15)22(24)25)20-14-17(18-8-5-13-26-18)21-11-3-4-12-21/h1-2,5-10,13,17H,3-4,11-12,14H2,(H,20,23)/b10-9+. The summed E-state index contributed by atoms with van der Waals surface area (Å²) in [7, 11) is 0. The van der Waals surface area contributed by atoms with Crippen molar-refractivity contribution in [3.8, 4) is 0 Å². The van der Waals surface area contributed by atoms with Crippen LogP contribution in [0.1, 0.15) is 29.3 Å². The van der Waals surface area contributed by atoms with Gasteiger partial charge in [-0.3, -0.25) is 19.8 Å². The zero-order valence-electron chi connectivity index (χ0n) is 14.3. The molecule has 0 radical (unpaired) electrons. The average Bonchev–Trinajstić information content (AvgIpc) is 3.35. The second-order valence-corrected chi connectivity index (χ2v) is 7.15. The second kappa shape index (κ2) is 8.73. The monoisotopic (exact) mass is 371 g/mol. The van der Waals surface area contributed by atoms with Crippen LogP contribution >= 0.6 is 11.3 Å². The third kappa shape index (κ3) is 4.56. The van der Waals surface area contributed by atoms with Crippen LogP contribution < -0.4 is 5.32 Å². The molecule has 7 heteroatoms. The molecular weight excluding hydrogens is 350 g/mol. The maximum absolute atomic E-state index is 12.2. The number of nitro groups is 1. The van der Waals surface area contributed by atoms with Crippen LogP contribution in [0.4, 0.5) is 5.69 Å². The molecule has 1 N–H and O–H groups in total. The Balaban J connectivity index is 1.63. The molecule has 2 heterocycles. The minimum absolute atomic E-state index is 0.00919. The number of thiophene rings is 1. The van der Waals surface area contributed by atoms with Crippen LogP contribution in [-0.2, 0) is 4.79 Å². The highest BCUT2D eigenvalue weighted by Crippen LogP contribution is 2.27. The van der Waals surface area contributed by atoms with Crippen molar-refractivity contribution in [2.24, 2.45) is 0 Å². The van der Waals surface area contributed by atoms with Crippen LogP contribution in [0.25, 0.3) is 6.08 Å². The lowest BCUT2D eigenvalue weighted by Gasteiger charge is -2.26. The first kappa shape index (κ1) is 18.3. The van der Waals surface area contributed by atoms with Crippen molar-refractivity contribution in [1.82, 2.24) is 10.2 Å². The molecule has 136 valence electrons. The summed E-state index contributed by atoms with van der Waals surface area (Å²) in [6.45, 7) is 2.62. The molecule has 0 aliphatic carbocycles. The number of likely N-dealkylation sites (tertiary alicyclic amines) is 1. The summed E-state index contributed by atoms with van der Waals surface area (Å²) in [5.74, 6) is -0.246. The lowest BCUT2D eigenvalue weighted by molar-refractivity contribution is -0.385. The van der Waals surface area contributed by atoms with Crippen LogP contribution in [0.2, 0.25) is 0 Å². The molecule has 1 saturated heterocycles. The Morgan fingerprint density at radius 3 is 2.73 bits per heavy atom. The molecule has 3 rings (SSSR count). The van der Waals surface area contributed by atoms with Gasteiger partial charge in [0, 0.05) is 23.6 Å². The number of nitrogens with one attached hydrogen (secondary N) is 1. The molecular formula is C19H21N3O3S. The minimum atomic E-state index is -0.447. The predicted octanol–water partition coefficient (Wildman–Crippen LogP) is 3.62. The first-order valence-electron chi connectivity index (χ1n) is 8.62. The van der Waals surface area contributed by atoms with Crippen molar-refractivity contribution in [2.45, 2.75) is 18.9 Å². The Labute approximate surface area is 156 Å². The van der Waals surface area contributed by atoms with Crippen molar-refractivity contribution >= 4 is 29.0 Å². The molecule has 1 atom stereocenters. The number of para-hydroxylation sites is 1. The molecule has 1 aromatic heterocycles. The van der Waals surface area contributed by atoms with Gasteiger partial charge in [-0.2, -0.15) is 0 Å². The van der Waals surface area contributed by atoms with Crippen molar-refractivity contribution < 1.29 is 9.72 Å². The Morgan fingerprint density at radius 2 is 2.04 bits per heavy atom. The summed E-state index contributed by atoms with van der Waals surface area (Å²) in [6.07, 6.45) is 5.22. The van der Waals surface area contributed by atoms with Crippen molar-refractivity contribution in [3.05, 3.63) is 68.4 Å². The number of carbonyl (C=O) groups is 1. The van der Waals surface area contributed by atoms with E-state index in [-0.39, 0.29) is 17.6 Å². The van der Waals surface area contributed by atoms with Gasteiger partial charge in [0.25, 0.3) is 5.69 Å². The molecule has 1 aromatic carbocycles. The first-order chi connectivity index (χ1) is 12.6. The SMILES string of the molecule is O=C(/C=C/c1ccccc1[N+](=O)[O-])NCC(c1cccs1)N1CCCC1. The third-order valence-corrected chi connectivity index (χ3v) is 5.44. The Kier molecular flexibility index (Phi) is 6.14. The zero-order chi connectivity index (χ0) is 18.4. The minimum Gasteiger partial charge on any atom is -0.351 e. The van der Waals surface area contributed by atoms with E-state index in [0.717, 1.165) is 13.1 Å². The highest BCUT2D eigenvalue weighted by atomic mass is 32.1. The quantitative estimate of drug-likeness (QED) is 0.458. The van der Waals surface area contributed by atoms with E-state index in [1.165, 1.54) is 35.9 Å². The summed E-state index contributed by atoms with van der Waals surface area (Å²) in [4.78, 5) is 26.4. The third-order valence-electron chi connectivity index (χ3n) is 4.47. The van der Waals surface area contributed by atoms with Gasteiger partial charge in [-0.25, -0.2) is 0 Å². The molecule has 1 aliphatic heterocycles. The predicted molar refractivity (Wildman–Crippen MR) is 103 cm³/mol. The highest BCUT2D eigenvalue weighted by molar-refractivity contribution is 7.10. The van der Waals surface area contributed by atoms with Crippen LogP contribution in [0.15, 0.2) is 47.9 Å². The van der Waals surface area contributed by atoms with Crippen molar-refractivity contribution in [1.29, 1.82) is 0 Å². The Morgan fingerprint density at radius 1 is 1.27 bits per heavy atom. The summed E-state index contributed by atoms with van der Waals surface area (Å²) in [6, 6.07) is 10.7. The van der Waals surface area contributed by atoms with Gasteiger partial charge in [0.1, 0.15) is 0 Å². The van der Waals surface area contributed by atoms with E-state index in [4.69, 9.17) is 0 Å². The number of amides is 1. The molecule has 6 nitrogen and oxygen atoms in total. The lowest BCUT2D eigenvalue weighted by Crippen LogP contribution is -2.35. The summed E-state index contributed by atoms with van der Waals surface area (Å²) >= 11 is 1.70. The van der Waals surface area contributed by atoms with Gasteiger partial charge in [-0.15, -0.1) is 11.3 Å². The topological polar surface area (TPSA) is 75.5 Å². The molecule has 1 aliphatic rings. The molecule has 1 fully saturated rings. The van der Waals surface area contributed by atoms with Crippen LogP contribution in [0.5, 0.6) is 0 Å². The van der Waals surface area contributed by atoms with E-state index in [1.807, 2.05) is 6.07 Å². The largest absolute Gasteiger partial charge is 0.351 e. The molecule has 2 aromatic rings. The van der Waals surface area contributed by atoms with Gasteiger partial charge >= 0.3 is 0 Å². The number of carbonyl (C=O) groups excluding carboxylic acids is 1. The van der Waals surface area contributed by atoms with Gasteiger partial charge in [-0.05, 0) is 49.5 Å². The van der Waals surface area contributed by atoms with E-state index in [2.05, 4.69) is 21.7 Å². The van der Waals surface area contributed by atoms with E-state index in [1.54, 1.807) is 29.5 Å². The smallest absolute Gasteiger partial charge is 0.276 e. The molecule has 0 saturated carbocycles. The van der Waals surface area contributed by atoms with Gasteiger partial charge in [0.15, 0.2) is 0 Å². The van der Waals surface area contributed by atoms with E-state index in [9.17, 15) is 14.9 Å². The number of hydrogen-bond donors (Lipinski definition) is 1. The fourth-order valence-corrected chi connectivity index (χ4v) is 4.02. The number of nitrogens with zero attached hydrogens (tertiary/aromatic N) is 2. The zero-order valence-corrected chi connectivity index (χ0v) is 15.2. The van der Waals surface area contributed by atoms with Crippen molar-refractivity contribution in [3.63, 3.8) is 0 Å².